The lowest BCUT2D eigenvalue weighted by atomic mass is 9.80. The Morgan fingerprint density at radius 1 is 0.479 bits per heavy atom. The second-order valence-electron chi connectivity index (χ2n) is 20.8. The second-order valence-corrected chi connectivity index (χ2v) is 20.8. The van der Waals surface area contributed by atoms with Crippen molar-refractivity contribution < 1.29 is 6.48 Å². The highest BCUT2D eigenvalue weighted by molar-refractivity contribution is 5.98. The minimum absolute atomic E-state index is 0.0774. The van der Waals surface area contributed by atoms with Gasteiger partial charge in [-0.25, -0.2) is 4.98 Å². The molecule has 8 aromatic carbocycles. The molecule has 10 aromatic rings. The molecule has 0 saturated heterocycles. The highest BCUT2D eigenvalue weighted by Crippen LogP contribution is 2.45. The molecule has 0 unspecified atom stereocenters. The molecule has 2 heterocycles. The summed E-state index contributed by atoms with van der Waals surface area (Å²) in [5.74, 6) is 0.219. The van der Waals surface area contributed by atoms with E-state index in [-0.39, 0.29) is 23.0 Å². The zero-order chi connectivity index (χ0) is 50.5. The third-order valence-corrected chi connectivity index (χ3v) is 13.9. The Balaban J connectivity index is 1.20. The molecule has 10 rings (SSSR count). The van der Waals surface area contributed by atoms with Gasteiger partial charge in [-0.3, -0.25) is 9.55 Å². The van der Waals surface area contributed by atoms with E-state index in [2.05, 4.69) is 235 Å². The summed E-state index contributed by atoms with van der Waals surface area (Å²) in [5, 5.41) is 12.4. The highest BCUT2D eigenvalue weighted by atomic mass is 16.3. The zero-order valence-corrected chi connectivity index (χ0v) is 42.4. The van der Waals surface area contributed by atoms with Gasteiger partial charge in [-0.15, -0.1) is 0 Å². The molecule has 0 aliphatic heterocycles. The van der Waals surface area contributed by atoms with Crippen molar-refractivity contribution in [2.45, 2.75) is 85.5 Å². The third kappa shape index (κ3) is 9.23. The van der Waals surface area contributed by atoms with E-state index in [0.717, 1.165) is 89.2 Å². The van der Waals surface area contributed by atoms with E-state index in [1.165, 1.54) is 16.7 Å². The number of rotatable bonds is 11. The molecule has 0 saturated carbocycles. The first-order valence-corrected chi connectivity index (χ1v) is 25.0. The largest absolute Gasteiger partial charge is 0.507 e. The fourth-order valence-corrected chi connectivity index (χ4v) is 10.1. The van der Waals surface area contributed by atoms with E-state index in [0.29, 0.717) is 11.4 Å². The first kappa shape index (κ1) is 45.6. The van der Waals surface area contributed by atoms with Gasteiger partial charge in [0.05, 0.1) is 22.3 Å². The minimum atomic E-state index is -0.951. The van der Waals surface area contributed by atoms with Gasteiger partial charge in [0, 0.05) is 24.4 Å². The highest BCUT2D eigenvalue weighted by Gasteiger charge is 2.26. The standard InChI is InChI=1S/C67H63N3O/c1-42(2)50-38-59(44(5)6)65(71)60(39-50)66-69-64-55(24-18-26-63(64)70(66)54-31-32-56(58(41-54)43(3)4)57-23-16-17-25-61(57)67(7,8)9)52-35-51(46-21-14-11-15-22-46)36-53(37-52)62-40-49(33-34-68-62)48-29-27-47(28-30-48)45-19-12-10-13-20-45/h10-44,71H,1-9H3/i43D. The maximum atomic E-state index is 12.4. The predicted molar refractivity (Wildman–Crippen MR) is 300 cm³/mol. The molecule has 0 spiro atoms. The van der Waals surface area contributed by atoms with Gasteiger partial charge in [0.1, 0.15) is 11.6 Å². The number of phenolic OH excluding ortho intramolecular Hbond substituents is 1. The summed E-state index contributed by atoms with van der Waals surface area (Å²) >= 11 is 0. The Bertz CT molecular complexity index is 3590. The molecule has 2 aromatic heterocycles. The molecule has 0 aliphatic rings. The van der Waals surface area contributed by atoms with Gasteiger partial charge in [-0.05, 0) is 150 Å². The Kier molecular flexibility index (Phi) is 12.3. The topological polar surface area (TPSA) is 50.9 Å². The van der Waals surface area contributed by atoms with Crippen molar-refractivity contribution in [1.29, 1.82) is 0 Å². The van der Waals surface area contributed by atoms with Crippen molar-refractivity contribution in [3.05, 3.63) is 217 Å². The maximum Gasteiger partial charge on any atom is 0.149 e. The Morgan fingerprint density at radius 2 is 1.08 bits per heavy atom. The predicted octanol–water partition coefficient (Wildman–Crippen LogP) is 18.5. The van der Waals surface area contributed by atoms with Crippen molar-refractivity contribution in [3.63, 3.8) is 0 Å². The summed E-state index contributed by atoms with van der Waals surface area (Å²) in [6.45, 7) is 19.3. The van der Waals surface area contributed by atoms with Crippen molar-refractivity contribution in [2.75, 3.05) is 0 Å². The smallest absolute Gasteiger partial charge is 0.149 e. The van der Waals surface area contributed by atoms with Crippen LogP contribution in [0.2, 0.25) is 0 Å². The quantitative estimate of drug-likeness (QED) is 0.141. The molecule has 0 aliphatic carbocycles. The molecule has 0 atom stereocenters. The van der Waals surface area contributed by atoms with Crippen LogP contribution in [0, 0.1) is 0 Å². The molecular formula is C67H63N3O. The number of hydrogen-bond acceptors (Lipinski definition) is 3. The van der Waals surface area contributed by atoms with Crippen molar-refractivity contribution in [2.24, 2.45) is 0 Å². The summed E-state index contributed by atoms with van der Waals surface area (Å²) < 4.78 is 11.8. The summed E-state index contributed by atoms with van der Waals surface area (Å²) in [4.78, 5) is 10.6. The lowest BCUT2D eigenvalue weighted by Crippen LogP contribution is -2.13. The van der Waals surface area contributed by atoms with Crippen LogP contribution in [-0.2, 0) is 5.41 Å². The molecule has 4 heteroatoms. The normalized spacial score (nSPS) is 12.2. The van der Waals surface area contributed by atoms with Crippen LogP contribution in [0.25, 0.3) is 95.0 Å². The number of phenols is 1. The van der Waals surface area contributed by atoms with E-state index in [9.17, 15) is 6.48 Å². The van der Waals surface area contributed by atoms with Crippen molar-refractivity contribution in [3.8, 4) is 89.7 Å². The van der Waals surface area contributed by atoms with Crippen LogP contribution in [-0.4, -0.2) is 19.6 Å². The van der Waals surface area contributed by atoms with Crippen LogP contribution in [0.15, 0.2) is 194 Å². The average molecular weight is 927 g/mol. The number of imidazole rings is 1. The molecule has 0 bridgehead atoms. The first-order valence-electron chi connectivity index (χ1n) is 25.5. The molecule has 4 nitrogen and oxygen atoms in total. The van der Waals surface area contributed by atoms with Gasteiger partial charge in [0.15, 0.2) is 0 Å². The molecule has 0 radical (unpaired) electrons. The van der Waals surface area contributed by atoms with Crippen molar-refractivity contribution >= 4 is 11.0 Å². The number of benzene rings is 8. The molecule has 0 fully saturated rings. The van der Waals surface area contributed by atoms with Crippen LogP contribution >= 0.6 is 0 Å². The SMILES string of the molecule is [2H]C(C)(C)c1cc(-n2c(-c3cc(C(C)C)cc(C(C)C)c3O)nc3c(-c4cc(-c5ccccc5)cc(-c5cc(-c6ccc(-c7ccccc7)cc6)ccn5)c4)cccc32)ccc1-c1ccccc1C(C)(C)C. The Labute approximate surface area is 421 Å². The van der Waals surface area contributed by atoms with E-state index in [4.69, 9.17) is 9.97 Å². The monoisotopic (exact) mass is 927 g/mol. The van der Waals surface area contributed by atoms with Gasteiger partial charge in [0.2, 0.25) is 0 Å². The fourth-order valence-electron chi connectivity index (χ4n) is 10.1. The maximum absolute atomic E-state index is 12.4. The molecule has 0 amide bonds. The number of fused-ring (bicyclic) bond motifs is 1. The summed E-state index contributed by atoms with van der Waals surface area (Å²) in [5.41, 5.74) is 20.0. The molecular weight excluding hydrogens is 863 g/mol. The van der Waals surface area contributed by atoms with E-state index in [1.54, 1.807) is 0 Å². The van der Waals surface area contributed by atoms with Crippen LogP contribution in [0.3, 0.4) is 0 Å². The second kappa shape index (κ2) is 19.2. The van der Waals surface area contributed by atoms with Crippen LogP contribution < -0.4 is 0 Å². The molecule has 352 valence electrons. The fraction of sp³-hybridized carbons (Fsp3) is 0.194. The van der Waals surface area contributed by atoms with Gasteiger partial charge in [-0.1, -0.05) is 196 Å². The molecule has 1 N–H and O–H groups in total. The summed E-state index contributed by atoms with van der Waals surface area (Å²) in [6.07, 6.45) is 1.90. The third-order valence-electron chi connectivity index (χ3n) is 13.9. The minimum Gasteiger partial charge on any atom is -0.507 e. The Morgan fingerprint density at radius 3 is 1.75 bits per heavy atom. The van der Waals surface area contributed by atoms with E-state index >= 15 is 0 Å². The number of hydrogen-bond donors (Lipinski definition) is 1. The van der Waals surface area contributed by atoms with Gasteiger partial charge in [-0.2, -0.15) is 0 Å². The van der Waals surface area contributed by atoms with E-state index in [1.807, 2.05) is 26.1 Å². The van der Waals surface area contributed by atoms with Crippen molar-refractivity contribution in [1.82, 2.24) is 14.5 Å². The number of para-hydroxylation sites is 1. The first-order chi connectivity index (χ1) is 34.5. The number of aromatic hydroxyl groups is 1. The number of aromatic nitrogens is 3. The van der Waals surface area contributed by atoms with Crippen LogP contribution in [0.5, 0.6) is 5.75 Å². The lowest BCUT2D eigenvalue weighted by Gasteiger charge is -2.25. The van der Waals surface area contributed by atoms with Gasteiger partial charge < -0.3 is 5.11 Å². The van der Waals surface area contributed by atoms with Gasteiger partial charge >= 0.3 is 0 Å². The number of pyridine rings is 1. The molecule has 71 heavy (non-hydrogen) atoms. The van der Waals surface area contributed by atoms with Gasteiger partial charge in [0.25, 0.3) is 0 Å². The zero-order valence-electron chi connectivity index (χ0n) is 43.4. The van der Waals surface area contributed by atoms with Crippen LogP contribution in [0.4, 0.5) is 0 Å². The van der Waals surface area contributed by atoms with E-state index < -0.39 is 5.89 Å². The average Bonchev–Trinajstić information content (AvgIpc) is 3.78. The number of nitrogens with zero attached hydrogens (tertiary/aromatic N) is 3. The lowest BCUT2D eigenvalue weighted by molar-refractivity contribution is 0.466. The summed E-state index contributed by atoms with van der Waals surface area (Å²) in [7, 11) is 0. The summed E-state index contributed by atoms with van der Waals surface area (Å²) in [6, 6.07) is 66.5. The Hall–Kier alpha value is -7.82. The van der Waals surface area contributed by atoms with Crippen LogP contribution in [0.1, 0.15) is 104 Å².